The molecule has 3 rings (SSSR count). The molecule has 1 aliphatic carbocycles. The Labute approximate surface area is 125 Å². The molecule has 116 valence electrons. The van der Waals surface area contributed by atoms with Crippen LogP contribution < -0.4 is 21.5 Å². The second kappa shape index (κ2) is 6.89. The molecule has 0 amide bonds. The van der Waals surface area contributed by atoms with Crippen LogP contribution in [0.5, 0.6) is 0 Å². The highest BCUT2D eigenvalue weighted by Crippen LogP contribution is 2.22. The number of nitrogens with two attached hydrogens (primary N) is 1. The molecule has 0 aromatic carbocycles. The SMILES string of the molecule is NNc1nc(NC2CCCCC2)nc(N2CCCCC2)n1. The van der Waals surface area contributed by atoms with E-state index in [0.29, 0.717) is 17.9 Å². The number of aromatic nitrogens is 3. The van der Waals surface area contributed by atoms with E-state index < -0.39 is 0 Å². The molecule has 2 heterocycles. The number of nitrogen functional groups attached to an aromatic ring is 1. The first-order valence-electron chi connectivity index (χ1n) is 8.09. The second-order valence-electron chi connectivity index (χ2n) is 5.95. The maximum atomic E-state index is 5.50. The summed E-state index contributed by atoms with van der Waals surface area (Å²) in [7, 11) is 0. The predicted octanol–water partition coefficient (Wildman–Crippen LogP) is 1.89. The number of anilines is 3. The molecule has 1 aromatic rings. The molecule has 0 radical (unpaired) electrons. The Balaban J connectivity index is 1.75. The largest absolute Gasteiger partial charge is 0.351 e. The van der Waals surface area contributed by atoms with E-state index in [9.17, 15) is 0 Å². The number of piperidine rings is 1. The van der Waals surface area contributed by atoms with Crippen molar-refractivity contribution in [1.29, 1.82) is 0 Å². The van der Waals surface area contributed by atoms with E-state index >= 15 is 0 Å². The lowest BCUT2D eigenvalue weighted by molar-refractivity contribution is 0.460. The van der Waals surface area contributed by atoms with Crippen molar-refractivity contribution < 1.29 is 0 Å². The van der Waals surface area contributed by atoms with Crippen molar-refractivity contribution >= 4 is 17.8 Å². The van der Waals surface area contributed by atoms with Gasteiger partial charge in [-0.3, -0.25) is 5.43 Å². The third-order valence-corrected chi connectivity index (χ3v) is 4.33. The van der Waals surface area contributed by atoms with Crippen LogP contribution in [0.3, 0.4) is 0 Å². The van der Waals surface area contributed by atoms with Gasteiger partial charge in [-0.25, -0.2) is 5.84 Å². The van der Waals surface area contributed by atoms with Crippen molar-refractivity contribution in [1.82, 2.24) is 15.0 Å². The number of hydrogen-bond acceptors (Lipinski definition) is 7. The average molecular weight is 291 g/mol. The summed E-state index contributed by atoms with van der Waals surface area (Å²) in [6.07, 6.45) is 9.96. The topological polar surface area (TPSA) is 92.0 Å². The van der Waals surface area contributed by atoms with Crippen molar-refractivity contribution in [2.75, 3.05) is 28.7 Å². The summed E-state index contributed by atoms with van der Waals surface area (Å²) in [5.74, 6) is 7.31. The smallest absolute Gasteiger partial charge is 0.243 e. The molecule has 1 saturated heterocycles. The number of nitrogens with one attached hydrogen (secondary N) is 2. The van der Waals surface area contributed by atoms with E-state index in [1.807, 2.05) is 0 Å². The minimum Gasteiger partial charge on any atom is -0.351 e. The highest BCUT2D eigenvalue weighted by molar-refractivity contribution is 5.44. The average Bonchev–Trinajstić information content (AvgIpc) is 2.56. The summed E-state index contributed by atoms with van der Waals surface area (Å²) in [5, 5.41) is 3.45. The third kappa shape index (κ3) is 3.72. The molecule has 1 aliphatic heterocycles. The van der Waals surface area contributed by atoms with Crippen LogP contribution in [-0.2, 0) is 0 Å². The van der Waals surface area contributed by atoms with Gasteiger partial charge in [0.05, 0.1) is 0 Å². The van der Waals surface area contributed by atoms with Gasteiger partial charge < -0.3 is 10.2 Å². The van der Waals surface area contributed by atoms with Crippen molar-refractivity contribution in [3.63, 3.8) is 0 Å². The molecular weight excluding hydrogens is 266 g/mol. The third-order valence-electron chi connectivity index (χ3n) is 4.33. The number of rotatable bonds is 4. The second-order valence-corrected chi connectivity index (χ2v) is 5.95. The van der Waals surface area contributed by atoms with E-state index in [1.54, 1.807) is 0 Å². The van der Waals surface area contributed by atoms with Gasteiger partial charge in [-0.15, -0.1) is 0 Å². The summed E-state index contributed by atoms with van der Waals surface area (Å²) >= 11 is 0. The van der Waals surface area contributed by atoms with E-state index in [0.717, 1.165) is 19.0 Å². The Morgan fingerprint density at radius 1 is 0.857 bits per heavy atom. The van der Waals surface area contributed by atoms with Gasteiger partial charge in [0.1, 0.15) is 0 Å². The van der Waals surface area contributed by atoms with Crippen LogP contribution in [-0.4, -0.2) is 34.1 Å². The standard InChI is InChI=1S/C14H25N7/c15-20-13-17-12(16-11-7-3-1-4-8-11)18-14(19-13)21-9-5-2-6-10-21/h11H,1-10,15H2,(H2,16,17,18,19,20). The summed E-state index contributed by atoms with van der Waals surface area (Å²) in [4.78, 5) is 15.6. The van der Waals surface area contributed by atoms with E-state index in [4.69, 9.17) is 5.84 Å². The van der Waals surface area contributed by atoms with Gasteiger partial charge >= 0.3 is 0 Å². The quantitative estimate of drug-likeness (QED) is 0.576. The summed E-state index contributed by atoms with van der Waals surface area (Å²) in [6.45, 7) is 2.02. The van der Waals surface area contributed by atoms with Gasteiger partial charge in [-0.1, -0.05) is 19.3 Å². The van der Waals surface area contributed by atoms with Crippen LogP contribution in [0.25, 0.3) is 0 Å². The Hall–Kier alpha value is -1.63. The maximum absolute atomic E-state index is 5.50. The molecule has 1 saturated carbocycles. The van der Waals surface area contributed by atoms with Gasteiger partial charge in [0, 0.05) is 19.1 Å². The molecular formula is C14H25N7. The fourth-order valence-electron chi connectivity index (χ4n) is 3.16. The predicted molar refractivity (Wildman–Crippen MR) is 84.2 cm³/mol. The molecule has 7 heteroatoms. The zero-order valence-electron chi connectivity index (χ0n) is 12.5. The molecule has 2 fully saturated rings. The summed E-state index contributed by atoms with van der Waals surface area (Å²) in [6, 6.07) is 0.473. The van der Waals surface area contributed by atoms with Crippen molar-refractivity contribution in [3.05, 3.63) is 0 Å². The normalized spacial score (nSPS) is 20.3. The monoisotopic (exact) mass is 291 g/mol. The van der Waals surface area contributed by atoms with Crippen molar-refractivity contribution in [2.24, 2.45) is 5.84 Å². The Morgan fingerprint density at radius 2 is 1.52 bits per heavy atom. The lowest BCUT2D eigenvalue weighted by Crippen LogP contribution is -2.32. The van der Waals surface area contributed by atoms with E-state index in [1.165, 1.54) is 51.4 Å². The Kier molecular flexibility index (Phi) is 4.69. The van der Waals surface area contributed by atoms with Crippen molar-refractivity contribution in [2.45, 2.75) is 57.4 Å². The molecule has 7 nitrogen and oxygen atoms in total. The molecule has 1 aromatic heterocycles. The summed E-state index contributed by atoms with van der Waals surface area (Å²) in [5.41, 5.74) is 2.56. The lowest BCUT2D eigenvalue weighted by atomic mass is 9.96. The molecule has 4 N–H and O–H groups in total. The first kappa shape index (κ1) is 14.3. The van der Waals surface area contributed by atoms with Gasteiger partial charge in [0.15, 0.2) is 0 Å². The first-order valence-corrected chi connectivity index (χ1v) is 8.09. The van der Waals surface area contributed by atoms with Gasteiger partial charge in [0.2, 0.25) is 17.8 Å². The zero-order chi connectivity index (χ0) is 14.5. The Morgan fingerprint density at radius 3 is 2.24 bits per heavy atom. The van der Waals surface area contributed by atoms with Crippen LogP contribution in [0, 0.1) is 0 Å². The van der Waals surface area contributed by atoms with Crippen molar-refractivity contribution in [3.8, 4) is 0 Å². The Bertz CT molecular complexity index is 453. The maximum Gasteiger partial charge on any atom is 0.243 e. The van der Waals surface area contributed by atoms with Gasteiger partial charge in [-0.05, 0) is 32.1 Å². The highest BCUT2D eigenvalue weighted by Gasteiger charge is 2.18. The van der Waals surface area contributed by atoms with Crippen LogP contribution in [0.15, 0.2) is 0 Å². The molecule has 0 spiro atoms. The molecule has 0 atom stereocenters. The number of hydrogen-bond donors (Lipinski definition) is 3. The highest BCUT2D eigenvalue weighted by atomic mass is 15.4. The number of hydrazine groups is 1. The minimum absolute atomic E-state index is 0.434. The zero-order valence-corrected chi connectivity index (χ0v) is 12.5. The molecule has 2 aliphatic rings. The van der Waals surface area contributed by atoms with Gasteiger partial charge in [0.25, 0.3) is 0 Å². The summed E-state index contributed by atoms with van der Waals surface area (Å²) < 4.78 is 0. The first-order chi connectivity index (χ1) is 10.3. The molecule has 21 heavy (non-hydrogen) atoms. The lowest BCUT2D eigenvalue weighted by Gasteiger charge is -2.27. The van der Waals surface area contributed by atoms with Crippen LogP contribution in [0.1, 0.15) is 51.4 Å². The fourth-order valence-corrected chi connectivity index (χ4v) is 3.16. The minimum atomic E-state index is 0.434. The van der Waals surface area contributed by atoms with E-state index in [-0.39, 0.29) is 0 Å². The molecule has 0 unspecified atom stereocenters. The van der Waals surface area contributed by atoms with Crippen LogP contribution in [0.4, 0.5) is 17.8 Å². The van der Waals surface area contributed by atoms with Gasteiger partial charge in [-0.2, -0.15) is 15.0 Å². The fraction of sp³-hybridized carbons (Fsp3) is 0.786. The van der Waals surface area contributed by atoms with Crippen LogP contribution in [0.2, 0.25) is 0 Å². The van der Waals surface area contributed by atoms with Crippen LogP contribution >= 0.6 is 0 Å². The van der Waals surface area contributed by atoms with E-state index in [2.05, 4.69) is 30.6 Å². The molecule has 0 bridgehead atoms. The number of nitrogens with zero attached hydrogens (tertiary/aromatic N) is 4.